The Labute approximate surface area is 113 Å². The molecule has 0 aliphatic heterocycles. The minimum Gasteiger partial charge on any atom is -0.481 e. The van der Waals surface area contributed by atoms with Crippen LogP contribution < -0.4 is 0 Å². The quantitative estimate of drug-likeness (QED) is 0.687. The summed E-state index contributed by atoms with van der Waals surface area (Å²) in [5.74, 6) is -1.59. The second-order valence-corrected chi connectivity index (χ2v) is 4.18. The van der Waals surface area contributed by atoms with Gasteiger partial charge in [0, 0.05) is 11.6 Å². The van der Waals surface area contributed by atoms with Gasteiger partial charge in [0.1, 0.15) is 5.82 Å². The Morgan fingerprint density at radius 1 is 1.20 bits per heavy atom. The van der Waals surface area contributed by atoms with Crippen molar-refractivity contribution in [2.24, 2.45) is 0 Å². The Morgan fingerprint density at radius 3 is 2.50 bits per heavy atom. The van der Waals surface area contributed by atoms with Gasteiger partial charge in [0.05, 0.1) is 11.3 Å². The van der Waals surface area contributed by atoms with E-state index in [0.717, 1.165) is 0 Å². The van der Waals surface area contributed by atoms with E-state index >= 15 is 0 Å². The first-order chi connectivity index (χ1) is 9.47. The fourth-order valence-electron chi connectivity index (χ4n) is 1.89. The van der Waals surface area contributed by atoms with E-state index in [1.807, 2.05) is 0 Å². The van der Waals surface area contributed by atoms with E-state index in [9.17, 15) is 19.3 Å². The summed E-state index contributed by atoms with van der Waals surface area (Å²) in [4.78, 5) is 21.0. The summed E-state index contributed by atoms with van der Waals surface area (Å²) in [5, 5.41) is 19.7. The average Bonchev–Trinajstić information content (AvgIpc) is 2.38. The SMILES string of the molecule is O=C(O)Cc1ccc(-c2cccc(F)c2)cc1[N+](=O)[O-]. The van der Waals surface area contributed by atoms with E-state index < -0.39 is 23.1 Å². The van der Waals surface area contributed by atoms with E-state index in [1.54, 1.807) is 12.1 Å². The second kappa shape index (κ2) is 5.48. The van der Waals surface area contributed by atoms with Gasteiger partial charge in [0.25, 0.3) is 5.69 Å². The summed E-state index contributed by atoms with van der Waals surface area (Å²) in [6.45, 7) is 0. The number of benzene rings is 2. The number of hydrogen-bond donors (Lipinski definition) is 1. The van der Waals surface area contributed by atoms with E-state index in [4.69, 9.17) is 5.11 Å². The van der Waals surface area contributed by atoms with Gasteiger partial charge in [0.15, 0.2) is 0 Å². The van der Waals surface area contributed by atoms with E-state index in [2.05, 4.69) is 0 Å². The number of nitro benzene ring substituents is 1. The molecule has 0 aromatic heterocycles. The lowest BCUT2D eigenvalue weighted by Gasteiger charge is -2.05. The largest absolute Gasteiger partial charge is 0.481 e. The third kappa shape index (κ3) is 2.97. The predicted molar refractivity (Wildman–Crippen MR) is 69.8 cm³/mol. The maximum absolute atomic E-state index is 13.2. The molecule has 5 nitrogen and oxygen atoms in total. The zero-order valence-corrected chi connectivity index (χ0v) is 10.2. The number of carboxylic acids is 1. The van der Waals surface area contributed by atoms with Crippen LogP contribution in [0.4, 0.5) is 10.1 Å². The van der Waals surface area contributed by atoms with Crippen LogP contribution in [0.5, 0.6) is 0 Å². The van der Waals surface area contributed by atoms with Crippen molar-refractivity contribution in [3.8, 4) is 11.1 Å². The van der Waals surface area contributed by atoms with Crippen molar-refractivity contribution in [2.75, 3.05) is 0 Å². The van der Waals surface area contributed by atoms with Crippen molar-refractivity contribution >= 4 is 11.7 Å². The highest BCUT2D eigenvalue weighted by Gasteiger charge is 2.17. The molecule has 0 atom stereocenters. The van der Waals surface area contributed by atoms with Crippen LogP contribution in [0.25, 0.3) is 11.1 Å². The molecule has 0 amide bonds. The molecule has 2 aromatic carbocycles. The topological polar surface area (TPSA) is 80.4 Å². The zero-order chi connectivity index (χ0) is 14.7. The Bertz CT molecular complexity index is 685. The number of nitrogens with zero attached hydrogens (tertiary/aromatic N) is 1. The van der Waals surface area contributed by atoms with Crippen LogP contribution in [0.3, 0.4) is 0 Å². The number of carboxylic acid groups (broad SMARTS) is 1. The van der Waals surface area contributed by atoms with Crippen LogP contribution in [0, 0.1) is 15.9 Å². The normalized spacial score (nSPS) is 10.2. The number of rotatable bonds is 4. The standard InChI is InChI=1S/C14H10FNO4/c15-12-3-1-2-9(6-12)10-4-5-11(8-14(17)18)13(7-10)16(19)20/h1-7H,8H2,(H,17,18). The van der Waals surface area contributed by atoms with Crippen LogP contribution in [-0.2, 0) is 11.2 Å². The highest BCUT2D eigenvalue weighted by molar-refractivity contribution is 5.74. The number of carbonyl (C=O) groups is 1. The van der Waals surface area contributed by atoms with Crippen LogP contribution in [0.15, 0.2) is 42.5 Å². The van der Waals surface area contributed by atoms with Crippen LogP contribution in [0.2, 0.25) is 0 Å². The molecule has 1 N–H and O–H groups in total. The summed E-state index contributed by atoms with van der Waals surface area (Å²) >= 11 is 0. The predicted octanol–water partition coefficient (Wildman–Crippen LogP) is 3.03. The van der Waals surface area contributed by atoms with Gasteiger partial charge in [0.2, 0.25) is 0 Å². The van der Waals surface area contributed by atoms with E-state index in [1.165, 1.54) is 30.3 Å². The van der Waals surface area contributed by atoms with Gasteiger partial charge in [-0.15, -0.1) is 0 Å². The molecule has 102 valence electrons. The van der Waals surface area contributed by atoms with Gasteiger partial charge in [-0.1, -0.05) is 24.3 Å². The summed E-state index contributed by atoms with van der Waals surface area (Å²) in [7, 11) is 0. The Morgan fingerprint density at radius 2 is 1.90 bits per heavy atom. The fourth-order valence-corrected chi connectivity index (χ4v) is 1.89. The Kier molecular flexibility index (Phi) is 3.74. The third-order valence-electron chi connectivity index (χ3n) is 2.78. The van der Waals surface area contributed by atoms with Gasteiger partial charge < -0.3 is 5.11 Å². The van der Waals surface area contributed by atoms with Crippen LogP contribution >= 0.6 is 0 Å². The molecule has 2 aromatic rings. The smallest absolute Gasteiger partial charge is 0.308 e. The van der Waals surface area contributed by atoms with Crippen molar-refractivity contribution in [1.29, 1.82) is 0 Å². The van der Waals surface area contributed by atoms with Crippen molar-refractivity contribution in [3.05, 3.63) is 64.0 Å². The molecule has 0 aliphatic rings. The van der Waals surface area contributed by atoms with Gasteiger partial charge >= 0.3 is 5.97 Å². The zero-order valence-electron chi connectivity index (χ0n) is 10.2. The monoisotopic (exact) mass is 275 g/mol. The average molecular weight is 275 g/mol. The minimum atomic E-state index is -1.15. The Balaban J connectivity index is 2.50. The number of nitro groups is 1. The molecular formula is C14H10FNO4. The molecule has 0 spiro atoms. The molecule has 0 radical (unpaired) electrons. The van der Waals surface area contributed by atoms with Gasteiger partial charge in [-0.25, -0.2) is 4.39 Å². The maximum atomic E-state index is 13.2. The summed E-state index contributed by atoms with van der Waals surface area (Å²) in [6.07, 6.45) is -0.431. The number of aliphatic carboxylic acids is 1. The molecule has 0 bridgehead atoms. The minimum absolute atomic E-state index is 0.114. The molecule has 0 heterocycles. The molecule has 0 saturated heterocycles. The van der Waals surface area contributed by atoms with Crippen LogP contribution in [0.1, 0.15) is 5.56 Å². The molecule has 0 unspecified atom stereocenters. The molecule has 6 heteroatoms. The van der Waals surface area contributed by atoms with Gasteiger partial charge in [-0.3, -0.25) is 14.9 Å². The lowest BCUT2D eigenvalue weighted by Crippen LogP contribution is -2.03. The Hall–Kier alpha value is -2.76. The summed E-state index contributed by atoms with van der Waals surface area (Å²) in [5.41, 5.74) is 0.789. The second-order valence-electron chi connectivity index (χ2n) is 4.18. The van der Waals surface area contributed by atoms with Crippen molar-refractivity contribution in [2.45, 2.75) is 6.42 Å². The lowest BCUT2D eigenvalue weighted by atomic mass is 10.0. The summed E-state index contributed by atoms with van der Waals surface area (Å²) in [6, 6.07) is 9.84. The van der Waals surface area contributed by atoms with Gasteiger partial charge in [-0.2, -0.15) is 0 Å². The maximum Gasteiger partial charge on any atom is 0.308 e. The number of halogens is 1. The molecule has 0 aliphatic carbocycles. The molecule has 2 rings (SSSR count). The molecule has 0 fully saturated rings. The van der Waals surface area contributed by atoms with Crippen molar-refractivity contribution < 1.29 is 19.2 Å². The first-order valence-electron chi connectivity index (χ1n) is 5.72. The highest BCUT2D eigenvalue weighted by atomic mass is 19.1. The number of hydrogen-bond acceptors (Lipinski definition) is 3. The molecular weight excluding hydrogens is 265 g/mol. The van der Waals surface area contributed by atoms with E-state index in [0.29, 0.717) is 11.1 Å². The molecule has 20 heavy (non-hydrogen) atoms. The fraction of sp³-hybridized carbons (Fsp3) is 0.0714. The summed E-state index contributed by atoms with van der Waals surface area (Å²) < 4.78 is 13.2. The lowest BCUT2D eigenvalue weighted by molar-refractivity contribution is -0.385. The van der Waals surface area contributed by atoms with Crippen LogP contribution in [-0.4, -0.2) is 16.0 Å². The first kappa shape index (κ1) is 13.7. The third-order valence-corrected chi connectivity index (χ3v) is 2.78. The highest BCUT2D eigenvalue weighted by Crippen LogP contribution is 2.28. The van der Waals surface area contributed by atoms with Crippen molar-refractivity contribution in [3.63, 3.8) is 0 Å². The molecule has 0 saturated carbocycles. The van der Waals surface area contributed by atoms with Crippen molar-refractivity contribution in [1.82, 2.24) is 0 Å². The van der Waals surface area contributed by atoms with Gasteiger partial charge in [-0.05, 0) is 23.3 Å². The first-order valence-corrected chi connectivity index (χ1v) is 5.72. The van der Waals surface area contributed by atoms with E-state index in [-0.39, 0.29) is 11.3 Å².